The molecule has 106 valence electrons. The van der Waals surface area contributed by atoms with Crippen LogP contribution >= 0.6 is 11.3 Å². The summed E-state index contributed by atoms with van der Waals surface area (Å²) in [7, 11) is 0. The van der Waals surface area contributed by atoms with Crippen LogP contribution in [0.15, 0.2) is 36.5 Å². The van der Waals surface area contributed by atoms with E-state index in [9.17, 15) is 0 Å². The number of pyridine rings is 1. The van der Waals surface area contributed by atoms with Gasteiger partial charge in [0.05, 0.1) is 10.6 Å². The van der Waals surface area contributed by atoms with Gasteiger partial charge in [0, 0.05) is 29.7 Å². The zero-order valence-corrected chi connectivity index (χ0v) is 12.4. The zero-order valence-electron chi connectivity index (χ0n) is 11.6. The first-order valence-corrected chi connectivity index (χ1v) is 8.12. The van der Waals surface area contributed by atoms with Crippen LogP contribution < -0.4 is 11.1 Å². The summed E-state index contributed by atoms with van der Waals surface area (Å²) in [5.41, 5.74) is 7.09. The van der Waals surface area contributed by atoms with Gasteiger partial charge in [-0.3, -0.25) is 4.98 Å². The molecule has 0 saturated heterocycles. The Bertz CT molecular complexity index is 538. The van der Waals surface area contributed by atoms with Crippen molar-refractivity contribution in [3.63, 3.8) is 0 Å². The molecule has 0 radical (unpaired) electrons. The second-order valence-corrected chi connectivity index (χ2v) is 6.65. The molecule has 3 N–H and O–H groups in total. The first kappa shape index (κ1) is 13.7. The fourth-order valence-corrected chi connectivity index (χ4v) is 3.71. The van der Waals surface area contributed by atoms with Gasteiger partial charge in [0.15, 0.2) is 0 Å². The Hall–Kier alpha value is -1.23. The first-order chi connectivity index (χ1) is 9.81. The van der Waals surface area contributed by atoms with Crippen LogP contribution in [0.1, 0.15) is 30.6 Å². The summed E-state index contributed by atoms with van der Waals surface area (Å²) in [5.74, 6) is 0. The van der Waals surface area contributed by atoms with Crippen molar-refractivity contribution in [3.05, 3.63) is 41.4 Å². The molecule has 1 aliphatic rings. The van der Waals surface area contributed by atoms with Gasteiger partial charge in [-0.15, -0.1) is 11.3 Å². The van der Waals surface area contributed by atoms with E-state index in [4.69, 9.17) is 5.73 Å². The van der Waals surface area contributed by atoms with Crippen molar-refractivity contribution in [2.24, 2.45) is 5.73 Å². The Labute approximate surface area is 124 Å². The van der Waals surface area contributed by atoms with Gasteiger partial charge in [-0.05, 0) is 43.5 Å². The van der Waals surface area contributed by atoms with E-state index in [0.29, 0.717) is 12.1 Å². The highest BCUT2D eigenvalue weighted by Gasteiger charge is 2.18. The molecular formula is C16H21N3S. The molecule has 0 spiro atoms. The Balaban J connectivity index is 1.58. The summed E-state index contributed by atoms with van der Waals surface area (Å²) >= 11 is 1.82. The quantitative estimate of drug-likeness (QED) is 0.908. The smallest absolute Gasteiger partial charge is 0.0801 e. The maximum atomic E-state index is 6.03. The van der Waals surface area contributed by atoms with Crippen molar-refractivity contribution < 1.29 is 0 Å². The molecule has 0 aliphatic heterocycles. The van der Waals surface area contributed by atoms with Crippen molar-refractivity contribution in [2.75, 3.05) is 0 Å². The minimum Gasteiger partial charge on any atom is -0.328 e. The highest BCUT2D eigenvalue weighted by Crippen LogP contribution is 2.26. The van der Waals surface area contributed by atoms with Crippen molar-refractivity contribution in [1.82, 2.24) is 10.3 Å². The lowest BCUT2D eigenvalue weighted by Crippen LogP contribution is -2.38. The summed E-state index contributed by atoms with van der Waals surface area (Å²) < 4.78 is 0. The second-order valence-electron chi connectivity index (χ2n) is 5.49. The third-order valence-corrected chi connectivity index (χ3v) is 4.97. The van der Waals surface area contributed by atoms with Crippen LogP contribution in [0.2, 0.25) is 0 Å². The normalized spacial score (nSPS) is 22.9. The first-order valence-electron chi connectivity index (χ1n) is 7.30. The lowest BCUT2D eigenvalue weighted by Gasteiger charge is -2.27. The Morgan fingerprint density at radius 1 is 1.25 bits per heavy atom. The topological polar surface area (TPSA) is 50.9 Å². The number of aromatic nitrogens is 1. The number of nitrogens with zero attached hydrogens (tertiary/aromatic N) is 1. The van der Waals surface area contributed by atoms with Gasteiger partial charge >= 0.3 is 0 Å². The van der Waals surface area contributed by atoms with Crippen LogP contribution in [0.25, 0.3) is 10.6 Å². The molecule has 0 bridgehead atoms. The van der Waals surface area contributed by atoms with Gasteiger partial charge in [-0.1, -0.05) is 12.5 Å². The maximum absolute atomic E-state index is 6.03. The highest BCUT2D eigenvalue weighted by atomic mass is 32.1. The van der Waals surface area contributed by atoms with Crippen LogP contribution in [-0.2, 0) is 6.54 Å². The van der Waals surface area contributed by atoms with E-state index in [1.807, 2.05) is 29.7 Å². The van der Waals surface area contributed by atoms with Crippen molar-refractivity contribution in [3.8, 4) is 10.6 Å². The van der Waals surface area contributed by atoms with Gasteiger partial charge in [0.25, 0.3) is 0 Å². The minimum absolute atomic E-state index is 0.383. The molecular weight excluding hydrogens is 266 g/mol. The van der Waals surface area contributed by atoms with E-state index >= 15 is 0 Å². The predicted molar refractivity (Wildman–Crippen MR) is 84.6 cm³/mol. The molecule has 1 fully saturated rings. The average Bonchev–Trinajstić information content (AvgIpc) is 2.95. The van der Waals surface area contributed by atoms with Crippen LogP contribution in [0.5, 0.6) is 0 Å². The number of thiophene rings is 1. The SMILES string of the molecule is NC1CCCC(NCc2ccc(-c3ccccn3)s2)C1. The number of nitrogens with one attached hydrogen (secondary N) is 1. The molecule has 2 heterocycles. The van der Waals surface area contributed by atoms with Gasteiger partial charge in [0.1, 0.15) is 0 Å². The number of nitrogens with two attached hydrogens (primary N) is 1. The standard InChI is InChI=1S/C16H21N3S/c17-12-4-3-5-13(10-12)19-11-14-7-8-16(20-14)15-6-1-2-9-18-15/h1-2,6-9,12-13,19H,3-5,10-11,17H2. The fraction of sp³-hybridized carbons (Fsp3) is 0.438. The predicted octanol–water partition coefficient (Wildman–Crippen LogP) is 3.17. The summed E-state index contributed by atoms with van der Waals surface area (Å²) in [4.78, 5) is 7.00. The molecule has 20 heavy (non-hydrogen) atoms. The second kappa shape index (κ2) is 6.48. The summed E-state index contributed by atoms with van der Waals surface area (Å²) in [6.07, 6.45) is 6.64. The van der Waals surface area contributed by atoms with Gasteiger partial charge < -0.3 is 11.1 Å². The third kappa shape index (κ3) is 3.45. The molecule has 0 amide bonds. The molecule has 1 saturated carbocycles. The molecule has 2 aromatic rings. The van der Waals surface area contributed by atoms with E-state index in [1.165, 1.54) is 29.0 Å². The van der Waals surface area contributed by atoms with Gasteiger partial charge in [-0.25, -0.2) is 0 Å². The molecule has 2 aromatic heterocycles. The van der Waals surface area contributed by atoms with Crippen LogP contribution in [0.4, 0.5) is 0 Å². The Kier molecular flexibility index (Phi) is 4.45. The van der Waals surface area contributed by atoms with Crippen molar-refractivity contribution >= 4 is 11.3 Å². The lowest BCUT2D eigenvalue weighted by atomic mass is 9.92. The molecule has 1 aliphatic carbocycles. The average molecular weight is 287 g/mol. The third-order valence-electron chi connectivity index (χ3n) is 3.86. The molecule has 2 atom stereocenters. The van der Waals surface area contributed by atoms with E-state index in [2.05, 4.69) is 28.5 Å². The summed E-state index contributed by atoms with van der Waals surface area (Å²) in [5, 5.41) is 3.64. The highest BCUT2D eigenvalue weighted by molar-refractivity contribution is 7.15. The summed E-state index contributed by atoms with van der Waals surface area (Å²) in [6.45, 7) is 0.939. The number of hydrogen-bond donors (Lipinski definition) is 2. The summed E-state index contributed by atoms with van der Waals surface area (Å²) in [6, 6.07) is 11.4. The van der Waals surface area contributed by atoms with Crippen molar-refractivity contribution in [2.45, 2.75) is 44.3 Å². The van der Waals surface area contributed by atoms with Crippen LogP contribution in [-0.4, -0.2) is 17.1 Å². The number of hydrogen-bond acceptors (Lipinski definition) is 4. The Morgan fingerprint density at radius 2 is 2.20 bits per heavy atom. The van der Waals surface area contributed by atoms with E-state index in [-0.39, 0.29) is 0 Å². The van der Waals surface area contributed by atoms with E-state index < -0.39 is 0 Å². The maximum Gasteiger partial charge on any atom is 0.0801 e. The molecule has 2 unspecified atom stereocenters. The van der Waals surface area contributed by atoms with Crippen LogP contribution in [0, 0.1) is 0 Å². The minimum atomic E-state index is 0.383. The molecule has 0 aromatic carbocycles. The Morgan fingerprint density at radius 3 is 3.00 bits per heavy atom. The largest absolute Gasteiger partial charge is 0.328 e. The monoisotopic (exact) mass is 287 g/mol. The van der Waals surface area contributed by atoms with Gasteiger partial charge in [0.2, 0.25) is 0 Å². The zero-order chi connectivity index (χ0) is 13.8. The number of rotatable bonds is 4. The molecule has 3 nitrogen and oxygen atoms in total. The fourth-order valence-electron chi connectivity index (χ4n) is 2.78. The van der Waals surface area contributed by atoms with E-state index in [0.717, 1.165) is 18.7 Å². The van der Waals surface area contributed by atoms with Crippen molar-refractivity contribution in [1.29, 1.82) is 0 Å². The molecule has 4 heteroatoms. The van der Waals surface area contributed by atoms with Crippen LogP contribution in [0.3, 0.4) is 0 Å². The lowest BCUT2D eigenvalue weighted by molar-refractivity contribution is 0.339. The van der Waals surface area contributed by atoms with Gasteiger partial charge in [-0.2, -0.15) is 0 Å². The molecule has 3 rings (SSSR count). The van der Waals surface area contributed by atoms with E-state index in [1.54, 1.807) is 0 Å².